The highest BCUT2D eigenvalue weighted by molar-refractivity contribution is 5.90. The molecule has 3 aromatic rings. The zero-order valence-electron chi connectivity index (χ0n) is 16.0. The largest absolute Gasteiger partial charge is 0.324 e. The number of urea groups is 1. The lowest BCUT2D eigenvalue weighted by Gasteiger charge is -2.32. The van der Waals surface area contributed by atoms with Gasteiger partial charge in [0.2, 0.25) is 0 Å². The average molecular weight is 376 g/mol. The first-order valence-electron chi connectivity index (χ1n) is 9.61. The lowest BCUT2D eigenvalue weighted by atomic mass is 9.98. The van der Waals surface area contributed by atoms with Crippen molar-refractivity contribution in [2.24, 2.45) is 5.92 Å². The molecule has 7 nitrogen and oxygen atoms in total. The molecule has 0 saturated carbocycles. The molecule has 1 aliphatic heterocycles. The first kappa shape index (κ1) is 18.2. The molecule has 0 aliphatic carbocycles. The fourth-order valence-electron chi connectivity index (χ4n) is 3.60. The number of aryl methyl sites for hydroxylation is 1. The zero-order chi connectivity index (χ0) is 19.3. The highest BCUT2D eigenvalue weighted by Gasteiger charge is 2.24. The van der Waals surface area contributed by atoms with Crippen molar-refractivity contribution in [1.82, 2.24) is 24.9 Å². The van der Waals surface area contributed by atoms with Crippen molar-refractivity contribution in [1.29, 1.82) is 0 Å². The molecule has 144 valence electrons. The number of piperidine rings is 1. The van der Waals surface area contributed by atoms with E-state index in [1.54, 1.807) is 12.4 Å². The second-order valence-corrected chi connectivity index (χ2v) is 7.27. The number of nitrogens with one attached hydrogen (secondary N) is 1. The van der Waals surface area contributed by atoms with E-state index in [0.717, 1.165) is 55.0 Å². The predicted octanol–water partition coefficient (Wildman–Crippen LogP) is 3.59. The molecule has 7 heteroatoms. The van der Waals surface area contributed by atoms with E-state index < -0.39 is 0 Å². The zero-order valence-corrected chi connectivity index (χ0v) is 16.0. The Labute approximate surface area is 164 Å². The Balaban J connectivity index is 1.37. The van der Waals surface area contributed by atoms with E-state index in [4.69, 9.17) is 0 Å². The molecule has 0 radical (unpaired) electrons. The van der Waals surface area contributed by atoms with Gasteiger partial charge in [-0.05, 0) is 49.4 Å². The highest BCUT2D eigenvalue weighted by Crippen LogP contribution is 2.21. The number of benzene rings is 1. The van der Waals surface area contributed by atoms with Crippen molar-refractivity contribution >= 4 is 11.7 Å². The van der Waals surface area contributed by atoms with Crippen LogP contribution in [-0.4, -0.2) is 44.0 Å². The van der Waals surface area contributed by atoms with Gasteiger partial charge in [-0.25, -0.2) is 4.79 Å². The van der Waals surface area contributed by atoms with Crippen molar-refractivity contribution in [3.8, 4) is 11.3 Å². The van der Waals surface area contributed by atoms with Crippen molar-refractivity contribution in [2.75, 3.05) is 18.4 Å². The molecule has 4 rings (SSSR count). The molecule has 0 bridgehead atoms. The number of anilines is 1. The maximum absolute atomic E-state index is 12.7. The van der Waals surface area contributed by atoms with Gasteiger partial charge in [0, 0.05) is 43.3 Å². The summed E-state index contributed by atoms with van der Waals surface area (Å²) in [4.78, 5) is 18.7. The van der Waals surface area contributed by atoms with Gasteiger partial charge in [0.25, 0.3) is 0 Å². The average Bonchev–Trinajstić information content (AvgIpc) is 3.19. The molecular weight excluding hydrogens is 352 g/mol. The molecule has 1 saturated heterocycles. The van der Waals surface area contributed by atoms with Crippen LogP contribution in [-0.2, 0) is 6.54 Å². The van der Waals surface area contributed by atoms with Crippen molar-refractivity contribution in [3.05, 3.63) is 60.6 Å². The number of hydrogen-bond acceptors (Lipinski definition) is 4. The molecule has 1 fully saturated rings. The summed E-state index contributed by atoms with van der Waals surface area (Å²) in [5, 5.41) is 11.5. The van der Waals surface area contributed by atoms with E-state index >= 15 is 0 Å². The lowest BCUT2D eigenvalue weighted by molar-refractivity contribution is 0.168. The Morgan fingerprint density at radius 2 is 2.14 bits per heavy atom. The first-order chi connectivity index (χ1) is 13.7. The van der Waals surface area contributed by atoms with Crippen LogP contribution in [0.15, 0.2) is 55.0 Å². The maximum atomic E-state index is 12.7. The summed E-state index contributed by atoms with van der Waals surface area (Å²) >= 11 is 0. The number of aromatic nitrogens is 4. The molecule has 28 heavy (non-hydrogen) atoms. The second-order valence-electron chi connectivity index (χ2n) is 7.27. The number of hydrogen-bond donors (Lipinski definition) is 1. The third-order valence-corrected chi connectivity index (χ3v) is 5.13. The fourth-order valence-corrected chi connectivity index (χ4v) is 3.60. The summed E-state index contributed by atoms with van der Waals surface area (Å²) in [6.45, 7) is 4.26. The van der Waals surface area contributed by atoms with Gasteiger partial charge in [-0.1, -0.05) is 23.4 Å². The van der Waals surface area contributed by atoms with Gasteiger partial charge in [0.15, 0.2) is 0 Å². The van der Waals surface area contributed by atoms with Gasteiger partial charge in [-0.2, -0.15) is 0 Å². The van der Waals surface area contributed by atoms with Crippen LogP contribution >= 0.6 is 0 Å². The van der Waals surface area contributed by atoms with Gasteiger partial charge in [-0.15, -0.1) is 5.10 Å². The molecule has 0 spiro atoms. The van der Waals surface area contributed by atoms with Crippen LogP contribution in [0.3, 0.4) is 0 Å². The van der Waals surface area contributed by atoms with Crippen LogP contribution in [0, 0.1) is 12.8 Å². The molecule has 0 unspecified atom stereocenters. The minimum atomic E-state index is -0.0337. The van der Waals surface area contributed by atoms with Crippen LogP contribution in [0.5, 0.6) is 0 Å². The van der Waals surface area contributed by atoms with Gasteiger partial charge in [-0.3, -0.25) is 9.67 Å². The molecule has 1 N–H and O–H groups in total. The Morgan fingerprint density at radius 3 is 2.96 bits per heavy atom. The lowest BCUT2D eigenvalue weighted by Crippen LogP contribution is -2.43. The van der Waals surface area contributed by atoms with Crippen molar-refractivity contribution < 1.29 is 4.79 Å². The number of para-hydroxylation sites is 1. The van der Waals surface area contributed by atoms with E-state index in [-0.39, 0.29) is 6.03 Å². The minimum absolute atomic E-state index is 0.0337. The topological polar surface area (TPSA) is 75.9 Å². The van der Waals surface area contributed by atoms with Crippen LogP contribution < -0.4 is 5.32 Å². The van der Waals surface area contributed by atoms with Gasteiger partial charge in [0.1, 0.15) is 5.69 Å². The highest BCUT2D eigenvalue weighted by atomic mass is 16.2. The molecule has 2 aromatic heterocycles. The van der Waals surface area contributed by atoms with Crippen LogP contribution in [0.25, 0.3) is 11.3 Å². The molecule has 1 atom stereocenters. The van der Waals surface area contributed by atoms with Crippen molar-refractivity contribution in [3.63, 3.8) is 0 Å². The van der Waals surface area contributed by atoms with Crippen LogP contribution in [0.1, 0.15) is 18.4 Å². The molecule has 3 heterocycles. The monoisotopic (exact) mass is 376 g/mol. The summed E-state index contributed by atoms with van der Waals surface area (Å²) in [7, 11) is 0. The van der Waals surface area contributed by atoms with E-state index in [0.29, 0.717) is 5.92 Å². The standard InChI is InChI=1S/C21H24N6O/c1-16-6-2-3-9-19(16)23-21(28)26-11-5-7-17(13-26)14-27-15-20(24-25-27)18-8-4-10-22-12-18/h2-4,6,8-10,12,15,17H,5,7,11,13-14H2,1H3,(H,23,28)/t17-/m0/s1. The molecule has 1 aliphatic rings. The van der Waals surface area contributed by atoms with E-state index in [2.05, 4.69) is 20.6 Å². The maximum Gasteiger partial charge on any atom is 0.321 e. The third kappa shape index (κ3) is 4.19. The number of carbonyl (C=O) groups is 1. The molecular formula is C21H24N6O. The molecule has 1 aromatic carbocycles. The Hall–Kier alpha value is -3.22. The number of likely N-dealkylation sites (tertiary alicyclic amines) is 1. The number of carbonyl (C=O) groups excluding carboxylic acids is 1. The predicted molar refractivity (Wildman–Crippen MR) is 108 cm³/mol. The minimum Gasteiger partial charge on any atom is -0.324 e. The number of pyridine rings is 1. The van der Waals surface area contributed by atoms with Crippen molar-refractivity contribution in [2.45, 2.75) is 26.3 Å². The van der Waals surface area contributed by atoms with Crippen LogP contribution in [0.4, 0.5) is 10.5 Å². The van der Waals surface area contributed by atoms with Gasteiger partial charge in [0.05, 0.1) is 6.20 Å². The summed E-state index contributed by atoms with van der Waals surface area (Å²) in [6, 6.07) is 11.7. The summed E-state index contributed by atoms with van der Waals surface area (Å²) in [6.07, 6.45) is 7.55. The Morgan fingerprint density at radius 1 is 1.25 bits per heavy atom. The quantitative estimate of drug-likeness (QED) is 0.755. The Kier molecular flexibility index (Phi) is 5.32. The number of amides is 2. The summed E-state index contributed by atoms with van der Waals surface area (Å²) in [5.74, 6) is 0.361. The van der Waals surface area contributed by atoms with E-state index in [1.807, 2.05) is 59.1 Å². The van der Waals surface area contributed by atoms with E-state index in [9.17, 15) is 4.79 Å². The SMILES string of the molecule is Cc1ccccc1NC(=O)N1CCC[C@H](Cn2cc(-c3cccnc3)nn2)C1. The number of nitrogens with zero attached hydrogens (tertiary/aromatic N) is 5. The fraction of sp³-hybridized carbons (Fsp3) is 0.333. The first-order valence-corrected chi connectivity index (χ1v) is 9.61. The third-order valence-electron chi connectivity index (χ3n) is 5.13. The van der Waals surface area contributed by atoms with Gasteiger partial charge < -0.3 is 10.2 Å². The molecule has 2 amide bonds. The van der Waals surface area contributed by atoms with Gasteiger partial charge >= 0.3 is 6.03 Å². The summed E-state index contributed by atoms with van der Waals surface area (Å²) in [5.41, 5.74) is 3.71. The van der Waals surface area contributed by atoms with E-state index in [1.165, 1.54) is 0 Å². The smallest absolute Gasteiger partial charge is 0.321 e. The Bertz CT molecular complexity index is 939. The normalized spacial score (nSPS) is 16.8. The summed E-state index contributed by atoms with van der Waals surface area (Å²) < 4.78 is 1.87. The van der Waals surface area contributed by atoms with Crippen LogP contribution in [0.2, 0.25) is 0 Å². The number of rotatable bonds is 4. The second kappa shape index (κ2) is 8.21.